The molecule has 2 aliphatic rings. The van der Waals surface area contributed by atoms with E-state index in [2.05, 4.69) is 15.5 Å². The van der Waals surface area contributed by atoms with E-state index in [-0.39, 0.29) is 17.7 Å². The van der Waals surface area contributed by atoms with Gasteiger partial charge in [-0.05, 0) is 55.4 Å². The summed E-state index contributed by atoms with van der Waals surface area (Å²) < 4.78 is 1.89. The third-order valence-corrected chi connectivity index (χ3v) is 6.40. The molecule has 30 heavy (non-hydrogen) atoms. The molecule has 1 N–H and O–H groups in total. The van der Waals surface area contributed by atoms with Crippen molar-refractivity contribution < 1.29 is 9.59 Å². The number of carbonyl (C=O) groups excluding carboxylic acids is 2. The van der Waals surface area contributed by atoms with Crippen LogP contribution in [0.3, 0.4) is 0 Å². The average Bonchev–Trinajstić information content (AvgIpc) is 3.34. The summed E-state index contributed by atoms with van der Waals surface area (Å²) in [5, 5.41) is 11.3. The second-order valence-electron chi connectivity index (χ2n) is 8.32. The zero-order chi connectivity index (χ0) is 20.5. The fraction of sp³-hybridized carbons (Fsp3) is 0.391. The molecular weight excluding hydrogens is 378 g/mol. The van der Waals surface area contributed by atoms with Gasteiger partial charge in [-0.2, -0.15) is 0 Å². The molecule has 1 fully saturated rings. The first kappa shape index (κ1) is 18.8. The topological polar surface area (TPSA) is 79.6 Å². The Morgan fingerprint density at radius 1 is 1.03 bits per heavy atom. The smallest absolute Gasteiger partial charge is 0.254 e. The molecule has 0 radical (unpaired) electrons. The molecule has 5 rings (SSSR count). The Kier molecular flexibility index (Phi) is 4.94. The van der Waals surface area contributed by atoms with E-state index in [0.717, 1.165) is 54.8 Å². The summed E-state index contributed by atoms with van der Waals surface area (Å²) in [5.74, 6) is 1.47. The molecule has 3 aromatic rings. The molecule has 7 heteroatoms. The highest BCUT2D eigenvalue weighted by Crippen LogP contribution is 2.32. The highest BCUT2D eigenvalue weighted by atomic mass is 16.2. The lowest BCUT2D eigenvalue weighted by atomic mass is 9.81. The van der Waals surface area contributed by atoms with Gasteiger partial charge in [0.15, 0.2) is 11.5 Å². The van der Waals surface area contributed by atoms with Crippen LogP contribution in [0.25, 0.3) is 5.65 Å². The van der Waals surface area contributed by atoms with Crippen molar-refractivity contribution >= 4 is 17.5 Å². The first-order chi connectivity index (χ1) is 14.7. The lowest BCUT2D eigenvalue weighted by molar-refractivity contribution is -0.126. The fourth-order valence-corrected chi connectivity index (χ4v) is 4.70. The number of carbonyl (C=O) groups is 2. The highest BCUT2D eigenvalue weighted by molar-refractivity contribution is 5.98. The Hall–Kier alpha value is -3.22. The maximum Gasteiger partial charge on any atom is 0.254 e. The Bertz CT molecular complexity index is 1080. The van der Waals surface area contributed by atoms with E-state index in [1.165, 1.54) is 0 Å². The number of hydrogen-bond donors (Lipinski definition) is 1. The van der Waals surface area contributed by atoms with Crippen LogP contribution < -0.4 is 5.32 Å². The second kappa shape index (κ2) is 7.89. The summed E-state index contributed by atoms with van der Waals surface area (Å²) in [7, 11) is 0. The number of benzene rings is 1. The number of fused-ring (bicyclic) bond motifs is 2. The number of nitrogens with one attached hydrogen (secondary N) is 1. The standard InChI is InChI=1S/C23H25N5O2/c29-22(24-13-21-26-25-20-7-3-4-12-28(20)21)17-10-8-16(9-11-17)14-27-15-18-5-1-2-6-19(18)23(27)30/h1-7,12,16-17H,8-11,13-15H2,(H,24,29). The van der Waals surface area contributed by atoms with Crippen LogP contribution in [0.4, 0.5) is 0 Å². The minimum absolute atomic E-state index is 0.0342. The van der Waals surface area contributed by atoms with Crippen molar-refractivity contribution in [2.45, 2.75) is 38.8 Å². The van der Waals surface area contributed by atoms with Gasteiger partial charge in [0.1, 0.15) is 0 Å². The Balaban J connectivity index is 1.11. The average molecular weight is 403 g/mol. The second-order valence-corrected chi connectivity index (χ2v) is 8.32. The monoisotopic (exact) mass is 403 g/mol. The number of aromatic nitrogens is 3. The number of rotatable bonds is 5. The van der Waals surface area contributed by atoms with Gasteiger partial charge in [-0.3, -0.25) is 14.0 Å². The fourth-order valence-electron chi connectivity index (χ4n) is 4.70. The van der Waals surface area contributed by atoms with E-state index in [9.17, 15) is 9.59 Å². The van der Waals surface area contributed by atoms with Crippen molar-refractivity contribution in [3.63, 3.8) is 0 Å². The number of amides is 2. The molecule has 1 aliphatic carbocycles. The summed E-state index contributed by atoms with van der Waals surface area (Å²) in [6.45, 7) is 1.87. The Labute approximate surface area is 175 Å². The summed E-state index contributed by atoms with van der Waals surface area (Å²) in [4.78, 5) is 27.2. The summed E-state index contributed by atoms with van der Waals surface area (Å²) in [6, 6.07) is 13.6. The minimum atomic E-state index is 0.0342. The van der Waals surface area contributed by atoms with Crippen molar-refractivity contribution in [1.29, 1.82) is 0 Å². The molecule has 1 saturated carbocycles. The van der Waals surface area contributed by atoms with Crippen molar-refractivity contribution in [1.82, 2.24) is 24.8 Å². The van der Waals surface area contributed by atoms with Gasteiger partial charge in [0.05, 0.1) is 6.54 Å². The van der Waals surface area contributed by atoms with Crippen molar-refractivity contribution in [3.05, 3.63) is 65.6 Å². The van der Waals surface area contributed by atoms with Gasteiger partial charge in [-0.1, -0.05) is 24.3 Å². The molecule has 0 spiro atoms. The third-order valence-electron chi connectivity index (χ3n) is 6.40. The van der Waals surface area contributed by atoms with Crippen molar-refractivity contribution in [2.75, 3.05) is 6.54 Å². The quantitative estimate of drug-likeness (QED) is 0.710. The maximum atomic E-state index is 12.6. The zero-order valence-electron chi connectivity index (χ0n) is 16.8. The molecule has 0 atom stereocenters. The molecule has 2 amide bonds. The van der Waals surface area contributed by atoms with E-state index < -0.39 is 0 Å². The van der Waals surface area contributed by atoms with Crippen LogP contribution in [0, 0.1) is 11.8 Å². The largest absolute Gasteiger partial charge is 0.349 e. The van der Waals surface area contributed by atoms with E-state index in [0.29, 0.717) is 19.0 Å². The highest BCUT2D eigenvalue weighted by Gasteiger charge is 2.32. The number of nitrogens with zero attached hydrogens (tertiary/aromatic N) is 4. The summed E-state index contributed by atoms with van der Waals surface area (Å²) in [5.41, 5.74) is 2.74. The molecule has 1 aliphatic heterocycles. The molecule has 7 nitrogen and oxygen atoms in total. The predicted octanol–water partition coefficient (Wildman–Crippen LogP) is 2.81. The zero-order valence-corrected chi connectivity index (χ0v) is 16.8. The molecule has 2 aromatic heterocycles. The van der Waals surface area contributed by atoms with Crippen LogP contribution in [0.5, 0.6) is 0 Å². The lowest BCUT2D eigenvalue weighted by Gasteiger charge is -2.30. The van der Waals surface area contributed by atoms with E-state index in [1.807, 2.05) is 58.0 Å². The number of pyridine rings is 1. The summed E-state index contributed by atoms with van der Waals surface area (Å²) >= 11 is 0. The summed E-state index contributed by atoms with van der Waals surface area (Å²) in [6.07, 6.45) is 5.59. The predicted molar refractivity (Wildman–Crippen MR) is 111 cm³/mol. The Morgan fingerprint density at radius 3 is 2.67 bits per heavy atom. The van der Waals surface area contributed by atoms with Crippen molar-refractivity contribution in [2.24, 2.45) is 11.8 Å². The van der Waals surface area contributed by atoms with Crippen LogP contribution in [0.15, 0.2) is 48.7 Å². The lowest BCUT2D eigenvalue weighted by Crippen LogP contribution is -2.36. The van der Waals surface area contributed by atoms with Gasteiger partial charge < -0.3 is 10.2 Å². The van der Waals surface area contributed by atoms with Crippen LogP contribution in [0.1, 0.15) is 47.4 Å². The van der Waals surface area contributed by atoms with Crippen LogP contribution in [-0.2, 0) is 17.9 Å². The maximum absolute atomic E-state index is 12.6. The van der Waals surface area contributed by atoms with E-state index >= 15 is 0 Å². The normalized spacial score (nSPS) is 21.1. The molecule has 0 bridgehead atoms. The first-order valence-corrected chi connectivity index (χ1v) is 10.6. The van der Waals surface area contributed by atoms with Crippen molar-refractivity contribution in [3.8, 4) is 0 Å². The van der Waals surface area contributed by atoms with Gasteiger partial charge in [0.25, 0.3) is 5.91 Å². The Morgan fingerprint density at radius 2 is 1.83 bits per heavy atom. The molecule has 1 aromatic carbocycles. The minimum Gasteiger partial charge on any atom is -0.349 e. The van der Waals surface area contributed by atoms with E-state index in [1.54, 1.807) is 0 Å². The molecule has 154 valence electrons. The van der Waals surface area contributed by atoms with Gasteiger partial charge in [0, 0.05) is 30.8 Å². The van der Waals surface area contributed by atoms with Crippen LogP contribution >= 0.6 is 0 Å². The van der Waals surface area contributed by atoms with E-state index in [4.69, 9.17) is 0 Å². The molecule has 3 heterocycles. The first-order valence-electron chi connectivity index (χ1n) is 10.6. The van der Waals surface area contributed by atoms with Crippen LogP contribution in [-0.4, -0.2) is 37.9 Å². The number of hydrogen-bond acceptors (Lipinski definition) is 4. The van der Waals surface area contributed by atoms with Crippen LogP contribution in [0.2, 0.25) is 0 Å². The third kappa shape index (κ3) is 3.56. The van der Waals surface area contributed by atoms with Gasteiger partial charge in [-0.25, -0.2) is 0 Å². The molecule has 0 unspecified atom stereocenters. The molecule has 0 saturated heterocycles. The van der Waals surface area contributed by atoms with Gasteiger partial charge in [-0.15, -0.1) is 10.2 Å². The van der Waals surface area contributed by atoms with Gasteiger partial charge in [0.2, 0.25) is 5.91 Å². The SMILES string of the molecule is O=C(NCc1nnc2ccccn12)C1CCC(CN2Cc3ccccc3C2=O)CC1. The van der Waals surface area contributed by atoms with Gasteiger partial charge >= 0.3 is 0 Å². The molecular formula is C23H25N5O2.